The summed E-state index contributed by atoms with van der Waals surface area (Å²) in [5.74, 6) is 0.410. The van der Waals surface area contributed by atoms with Crippen LogP contribution in [0.3, 0.4) is 0 Å². The van der Waals surface area contributed by atoms with Gasteiger partial charge in [0.1, 0.15) is 5.75 Å². The Morgan fingerprint density at radius 2 is 1.63 bits per heavy atom. The fourth-order valence-electron chi connectivity index (χ4n) is 4.05. The number of piperidine rings is 1. The third-order valence-electron chi connectivity index (χ3n) is 6.01. The number of nitrogens with zero attached hydrogens (tertiary/aromatic N) is 1. The highest BCUT2D eigenvalue weighted by Crippen LogP contribution is 2.16. The molecule has 3 aromatic carbocycles. The molecule has 0 saturated carbocycles. The summed E-state index contributed by atoms with van der Waals surface area (Å²) in [6, 6.07) is 24.7. The van der Waals surface area contributed by atoms with E-state index in [2.05, 4.69) is 34.5 Å². The SMILES string of the molecule is O=C(COc1ccc(/C=C/C(=O)c2ccc(Cl)cc2)cc1)NC1CCN(Cc2ccccc2)CC1. The highest BCUT2D eigenvalue weighted by molar-refractivity contribution is 6.30. The number of carbonyl (C=O) groups excluding carboxylic acids is 2. The molecule has 1 N–H and O–H groups in total. The van der Waals surface area contributed by atoms with Crippen LogP contribution in [0.4, 0.5) is 0 Å². The lowest BCUT2D eigenvalue weighted by molar-refractivity contribution is -0.124. The molecule has 180 valence electrons. The Kier molecular flexibility index (Phi) is 8.71. The zero-order chi connectivity index (χ0) is 24.5. The highest BCUT2D eigenvalue weighted by Gasteiger charge is 2.20. The van der Waals surface area contributed by atoms with Crippen molar-refractivity contribution in [1.29, 1.82) is 0 Å². The lowest BCUT2D eigenvalue weighted by atomic mass is 10.0. The van der Waals surface area contributed by atoms with Crippen molar-refractivity contribution in [3.63, 3.8) is 0 Å². The van der Waals surface area contributed by atoms with Gasteiger partial charge in [0.25, 0.3) is 5.91 Å². The molecule has 0 aromatic heterocycles. The molecule has 0 atom stereocenters. The zero-order valence-electron chi connectivity index (χ0n) is 19.5. The highest BCUT2D eigenvalue weighted by atomic mass is 35.5. The van der Waals surface area contributed by atoms with Crippen LogP contribution in [0.25, 0.3) is 6.08 Å². The number of ether oxygens (including phenoxy) is 1. The average Bonchev–Trinajstić information content (AvgIpc) is 2.89. The quantitative estimate of drug-likeness (QED) is 0.324. The van der Waals surface area contributed by atoms with Crippen LogP contribution in [0.2, 0.25) is 5.02 Å². The predicted molar refractivity (Wildman–Crippen MR) is 140 cm³/mol. The van der Waals surface area contributed by atoms with Crippen molar-refractivity contribution >= 4 is 29.4 Å². The smallest absolute Gasteiger partial charge is 0.258 e. The van der Waals surface area contributed by atoms with Gasteiger partial charge in [0.05, 0.1) is 0 Å². The summed E-state index contributed by atoms with van der Waals surface area (Å²) in [4.78, 5) is 27.0. The summed E-state index contributed by atoms with van der Waals surface area (Å²) in [7, 11) is 0. The number of rotatable bonds is 9. The second-order valence-corrected chi connectivity index (χ2v) is 9.10. The van der Waals surface area contributed by atoms with Crippen molar-refractivity contribution in [2.75, 3.05) is 19.7 Å². The first-order chi connectivity index (χ1) is 17.0. The molecule has 1 fully saturated rings. The maximum Gasteiger partial charge on any atom is 0.258 e. The molecule has 0 radical (unpaired) electrons. The van der Waals surface area contributed by atoms with Gasteiger partial charge in [-0.25, -0.2) is 0 Å². The first-order valence-corrected chi connectivity index (χ1v) is 12.2. The second-order valence-electron chi connectivity index (χ2n) is 8.67. The van der Waals surface area contributed by atoms with Gasteiger partial charge in [-0.2, -0.15) is 0 Å². The Labute approximate surface area is 211 Å². The van der Waals surface area contributed by atoms with Gasteiger partial charge in [-0.3, -0.25) is 14.5 Å². The second kappa shape index (κ2) is 12.3. The van der Waals surface area contributed by atoms with Gasteiger partial charge in [0, 0.05) is 36.3 Å². The van der Waals surface area contributed by atoms with Gasteiger partial charge in [0.15, 0.2) is 12.4 Å². The Hall–Kier alpha value is -3.41. The van der Waals surface area contributed by atoms with Crippen LogP contribution in [-0.2, 0) is 11.3 Å². The van der Waals surface area contributed by atoms with Crippen molar-refractivity contribution in [2.45, 2.75) is 25.4 Å². The van der Waals surface area contributed by atoms with Gasteiger partial charge in [-0.1, -0.05) is 60.1 Å². The fourth-order valence-corrected chi connectivity index (χ4v) is 4.18. The Morgan fingerprint density at radius 3 is 2.31 bits per heavy atom. The molecule has 0 aliphatic carbocycles. The molecular weight excluding hydrogens is 460 g/mol. The Bertz CT molecular complexity index is 1140. The van der Waals surface area contributed by atoms with E-state index in [1.165, 1.54) is 11.6 Å². The number of halogens is 1. The normalized spacial score (nSPS) is 14.7. The lowest BCUT2D eigenvalue weighted by Crippen LogP contribution is -2.45. The van der Waals surface area contributed by atoms with Crippen molar-refractivity contribution in [3.05, 3.63) is 107 Å². The van der Waals surface area contributed by atoms with Crippen molar-refractivity contribution in [2.24, 2.45) is 0 Å². The van der Waals surface area contributed by atoms with Crippen molar-refractivity contribution < 1.29 is 14.3 Å². The standard InChI is InChI=1S/C29H29ClN2O3/c30-25-11-9-24(10-12-25)28(33)15-8-22-6-13-27(14-7-22)35-21-29(34)31-26-16-18-32(19-17-26)20-23-4-2-1-3-5-23/h1-15,26H,16-21H2,(H,31,34)/b15-8+. The van der Waals surface area contributed by atoms with Crippen LogP contribution in [0.1, 0.15) is 34.3 Å². The number of carbonyl (C=O) groups is 2. The number of benzene rings is 3. The van der Waals surface area contributed by atoms with Crippen LogP contribution in [0.15, 0.2) is 84.9 Å². The molecule has 5 nitrogen and oxygen atoms in total. The molecule has 1 aliphatic heterocycles. The molecule has 35 heavy (non-hydrogen) atoms. The average molecular weight is 489 g/mol. The summed E-state index contributed by atoms with van der Waals surface area (Å²) in [6.45, 7) is 2.87. The predicted octanol–water partition coefficient (Wildman–Crippen LogP) is 5.40. The number of allylic oxidation sites excluding steroid dienone is 1. The zero-order valence-corrected chi connectivity index (χ0v) is 20.3. The monoisotopic (exact) mass is 488 g/mol. The maximum atomic E-state index is 12.4. The summed E-state index contributed by atoms with van der Waals surface area (Å²) >= 11 is 5.86. The first kappa shape index (κ1) is 24.7. The minimum absolute atomic E-state index is 0.0194. The van der Waals surface area contributed by atoms with E-state index < -0.39 is 0 Å². The van der Waals surface area contributed by atoms with Crippen LogP contribution >= 0.6 is 11.6 Å². The summed E-state index contributed by atoms with van der Waals surface area (Å²) in [6.07, 6.45) is 5.15. The topological polar surface area (TPSA) is 58.6 Å². The van der Waals surface area contributed by atoms with Crippen LogP contribution < -0.4 is 10.1 Å². The van der Waals surface area contributed by atoms with E-state index >= 15 is 0 Å². The van der Waals surface area contributed by atoms with E-state index in [1.54, 1.807) is 42.5 Å². The van der Waals surface area contributed by atoms with Gasteiger partial charge in [-0.15, -0.1) is 0 Å². The van der Waals surface area contributed by atoms with Gasteiger partial charge in [-0.05, 0) is 66.4 Å². The lowest BCUT2D eigenvalue weighted by Gasteiger charge is -2.32. The molecule has 1 aliphatic rings. The maximum absolute atomic E-state index is 12.4. The fraction of sp³-hybridized carbons (Fsp3) is 0.241. The Balaban J connectivity index is 1.17. The molecule has 3 aromatic rings. The number of hydrogen-bond donors (Lipinski definition) is 1. The van der Waals surface area contributed by atoms with E-state index in [0.29, 0.717) is 16.3 Å². The van der Waals surface area contributed by atoms with Crippen molar-refractivity contribution in [3.8, 4) is 5.75 Å². The van der Waals surface area contributed by atoms with Gasteiger partial charge >= 0.3 is 0 Å². The molecule has 1 saturated heterocycles. The summed E-state index contributed by atoms with van der Waals surface area (Å²) in [5, 5.41) is 3.69. The molecule has 0 unspecified atom stereocenters. The first-order valence-electron chi connectivity index (χ1n) is 11.8. The summed E-state index contributed by atoms with van der Waals surface area (Å²) in [5.41, 5.74) is 2.77. The molecule has 6 heteroatoms. The molecule has 4 rings (SSSR count). The number of nitrogens with one attached hydrogen (secondary N) is 1. The van der Waals surface area contributed by atoms with E-state index in [1.807, 2.05) is 18.2 Å². The van der Waals surface area contributed by atoms with E-state index in [4.69, 9.17) is 16.3 Å². The number of ketones is 1. The number of likely N-dealkylation sites (tertiary alicyclic amines) is 1. The van der Waals surface area contributed by atoms with Crippen LogP contribution in [-0.4, -0.2) is 42.3 Å². The van der Waals surface area contributed by atoms with E-state index in [9.17, 15) is 9.59 Å². The van der Waals surface area contributed by atoms with E-state index in [-0.39, 0.29) is 24.3 Å². The number of amides is 1. The third-order valence-corrected chi connectivity index (χ3v) is 6.26. The molecule has 1 amide bonds. The Morgan fingerprint density at radius 1 is 0.943 bits per heavy atom. The van der Waals surface area contributed by atoms with Crippen LogP contribution in [0.5, 0.6) is 5.75 Å². The minimum atomic E-state index is -0.107. The van der Waals surface area contributed by atoms with Gasteiger partial charge < -0.3 is 10.1 Å². The summed E-state index contributed by atoms with van der Waals surface area (Å²) < 4.78 is 5.64. The molecule has 1 heterocycles. The molecule has 0 bridgehead atoms. The minimum Gasteiger partial charge on any atom is -0.484 e. The largest absolute Gasteiger partial charge is 0.484 e. The molecule has 0 spiro atoms. The van der Waals surface area contributed by atoms with E-state index in [0.717, 1.165) is 38.0 Å². The number of hydrogen-bond acceptors (Lipinski definition) is 4. The van der Waals surface area contributed by atoms with Crippen molar-refractivity contribution in [1.82, 2.24) is 10.2 Å². The third kappa shape index (κ3) is 7.81. The molecular formula is C29H29ClN2O3. The van der Waals surface area contributed by atoms with Crippen LogP contribution in [0, 0.1) is 0 Å². The van der Waals surface area contributed by atoms with Gasteiger partial charge in [0.2, 0.25) is 0 Å².